The second kappa shape index (κ2) is 7.60. The molecule has 1 heteroatoms. The van der Waals surface area contributed by atoms with Gasteiger partial charge in [-0.25, -0.2) is 0 Å². The van der Waals surface area contributed by atoms with E-state index in [1.165, 1.54) is 64.2 Å². The van der Waals surface area contributed by atoms with Crippen molar-refractivity contribution in [3.05, 3.63) is 22.8 Å². The average molecular weight is 385 g/mol. The highest BCUT2D eigenvalue weighted by atomic mass is 16.3. The molecule has 0 spiro atoms. The van der Waals surface area contributed by atoms with Crippen molar-refractivity contribution in [1.29, 1.82) is 0 Å². The molecule has 0 aromatic carbocycles. The van der Waals surface area contributed by atoms with Crippen molar-refractivity contribution in [3.8, 4) is 0 Å². The molecule has 0 aliphatic heterocycles. The molecule has 0 aromatic heterocycles. The Morgan fingerprint density at radius 1 is 1.07 bits per heavy atom. The molecule has 2 saturated carbocycles. The fourth-order valence-corrected chi connectivity index (χ4v) is 8.06. The molecule has 0 bridgehead atoms. The number of rotatable bonds is 5. The summed E-state index contributed by atoms with van der Waals surface area (Å²) < 4.78 is 0. The highest BCUT2D eigenvalue weighted by Gasteiger charge is 2.57. The largest absolute Gasteiger partial charge is 0.393 e. The van der Waals surface area contributed by atoms with Gasteiger partial charge in [-0.3, -0.25) is 0 Å². The number of hydrogen-bond acceptors (Lipinski definition) is 1. The van der Waals surface area contributed by atoms with Crippen LogP contribution in [0.4, 0.5) is 0 Å². The summed E-state index contributed by atoms with van der Waals surface area (Å²) in [5.41, 5.74) is 5.99. The van der Waals surface area contributed by atoms with Gasteiger partial charge < -0.3 is 5.11 Å². The second-order valence-electron chi connectivity index (χ2n) is 11.7. The quantitative estimate of drug-likeness (QED) is 0.488. The first-order valence-corrected chi connectivity index (χ1v) is 12.4. The van der Waals surface area contributed by atoms with Crippen molar-refractivity contribution in [2.75, 3.05) is 0 Å². The zero-order valence-electron chi connectivity index (χ0n) is 19.2. The Balaban J connectivity index is 1.57. The summed E-state index contributed by atoms with van der Waals surface area (Å²) in [5, 5.41) is 11.2. The molecule has 4 aliphatic rings. The molecule has 0 aromatic rings. The highest BCUT2D eigenvalue weighted by molar-refractivity contribution is 5.43. The smallest absolute Gasteiger partial charge is 0.0582 e. The van der Waals surface area contributed by atoms with Crippen molar-refractivity contribution in [1.82, 2.24) is 0 Å². The topological polar surface area (TPSA) is 20.2 Å². The van der Waals surface area contributed by atoms with Gasteiger partial charge in [0.1, 0.15) is 0 Å². The van der Waals surface area contributed by atoms with Crippen LogP contribution in [0.5, 0.6) is 0 Å². The maximum Gasteiger partial charge on any atom is 0.0582 e. The minimum absolute atomic E-state index is 0.0968. The van der Waals surface area contributed by atoms with E-state index in [4.69, 9.17) is 0 Å². The lowest BCUT2D eigenvalue weighted by Gasteiger charge is -2.51. The minimum atomic E-state index is -0.0968. The van der Waals surface area contributed by atoms with Gasteiger partial charge in [-0.05, 0) is 74.0 Å². The van der Waals surface area contributed by atoms with Crippen LogP contribution < -0.4 is 0 Å². The molecule has 0 amide bonds. The predicted octanol–water partition coefficient (Wildman–Crippen LogP) is 7.45. The van der Waals surface area contributed by atoms with Gasteiger partial charge in [-0.2, -0.15) is 0 Å². The van der Waals surface area contributed by atoms with E-state index >= 15 is 0 Å². The van der Waals surface area contributed by atoms with E-state index in [1.807, 2.05) is 5.57 Å². The van der Waals surface area contributed by atoms with Crippen LogP contribution in [-0.4, -0.2) is 11.2 Å². The molecule has 4 aliphatic carbocycles. The molecule has 0 heterocycles. The molecule has 0 radical (unpaired) electrons. The molecule has 1 nitrogen and oxygen atoms in total. The van der Waals surface area contributed by atoms with Crippen molar-refractivity contribution < 1.29 is 5.11 Å². The fourth-order valence-electron chi connectivity index (χ4n) is 8.06. The van der Waals surface area contributed by atoms with E-state index in [1.54, 1.807) is 11.1 Å². The van der Waals surface area contributed by atoms with Gasteiger partial charge in [0.2, 0.25) is 0 Å². The summed E-state index contributed by atoms with van der Waals surface area (Å²) in [5.74, 6) is 2.56. The third-order valence-electron chi connectivity index (χ3n) is 9.54. The van der Waals surface area contributed by atoms with Crippen molar-refractivity contribution in [2.24, 2.45) is 34.5 Å². The van der Waals surface area contributed by atoms with Crippen LogP contribution in [0.2, 0.25) is 0 Å². The average Bonchev–Trinajstić information content (AvgIpc) is 2.91. The summed E-state index contributed by atoms with van der Waals surface area (Å²) in [6, 6.07) is 0. The standard InChI is InChI=1S/C27H44O/c1-18(2)9-8-10-19(3)25-24(28)17-23-21-13-12-20-11-6-7-15-26(20,4)22(21)14-16-27(23,25)5/h12,18-19,23-25,28H,6-11,13-17H2,1-5H3/t19-,23+,24+,25+,26+,27+/m1/s1. The molecule has 158 valence electrons. The first kappa shape index (κ1) is 20.7. The van der Waals surface area contributed by atoms with Crippen molar-refractivity contribution in [2.45, 2.75) is 111 Å². The third kappa shape index (κ3) is 3.24. The normalized spacial score (nSPS) is 41.4. The lowest BCUT2D eigenvalue weighted by molar-refractivity contribution is 0.0284. The Hall–Kier alpha value is -0.560. The van der Waals surface area contributed by atoms with Crippen LogP contribution in [0.25, 0.3) is 0 Å². The maximum atomic E-state index is 11.2. The molecule has 2 fully saturated rings. The summed E-state index contributed by atoms with van der Waals surface area (Å²) in [4.78, 5) is 0. The van der Waals surface area contributed by atoms with Gasteiger partial charge in [0, 0.05) is 5.41 Å². The Morgan fingerprint density at radius 3 is 2.61 bits per heavy atom. The number of fused-ring (bicyclic) bond motifs is 4. The zero-order valence-corrected chi connectivity index (χ0v) is 19.2. The second-order valence-corrected chi connectivity index (χ2v) is 11.7. The first-order valence-electron chi connectivity index (χ1n) is 12.4. The maximum absolute atomic E-state index is 11.2. The van der Waals surface area contributed by atoms with E-state index in [9.17, 15) is 5.11 Å². The summed E-state index contributed by atoms with van der Waals surface area (Å²) in [7, 11) is 0. The van der Waals surface area contributed by atoms with Crippen LogP contribution in [-0.2, 0) is 0 Å². The Morgan fingerprint density at radius 2 is 1.86 bits per heavy atom. The van der Waals surface area contributed by atoms with Gasteiger partial charge >= 0.3 is 0 Å². The van der Waals surface area contributed by atoms with Gasteiger partial charge in [0.05, 0.1) is 6.10 Å². The lowest BCUT2D eigenvalue weighted by Crippen LogP contribution is -2.41. The summed E-state index contributed by atoms with van der Waals surface area (Å²) >= 11 is 0. The van der Waals surface area contributed by atoms with E-state index in [0.29, 0.717) is 28.6 Å². The summed E-state index contributed by atoms with van der Waals surface area (Å²) in [6.07, 6.45) is 16.7. The van der Waals surface area contributed by atoms with E-state index < -0.39 is 0 Å². The van der Waals surface area contributed by atoms with Crippen LogP contribution >= 0.6 is 0 Å². The first-order chi connectivity index (χ1) is 13.3. The Kier molecular flexibility index (Phi) is 5.62. The van der Waals surface area contributed by atoms with E-state index in [2.05, 4.69) is 40.7 Å². The Bertz CT molecular complexity index is 655. The van der Waals surface area contributed by atoms with Crippen LogP contribution in [0, 0.1) is 34.5 Å². The SMILES string of the molecule is CC(C)CCC[C@@H](C)[C@H]1[C@@H](O)C[C@H]2C3=C(CC[C@]12C)[C@@]1(C)CCCCC1=CC3. The third-order valence-corrected chi connectivity index (χ3v) is 9.54. The molecule has 0 unspecified atom stereocenters. The molecular formula is C27H44O. The van der Waals surface area contributed by atoms with Crippen molar-refractivity contribution >= 4 is 0 Å². The molecule has 6 atom stereocenters. The van der Waals surface area contributed by atoms with Crippen LogP contribution in [0.15, 0.2) is 22.8 Å². The number of aliphatic hydroxyl groups is 1. The van der Waals surface area contributed by atoms with E-state index in [-0.39, 0.29) is 6.10 Å². The lowest BCUT2D eigenvalue weighted by atomic mass is 9.53. The molecule has 28 heavy (non-hydrogen) atoms. The molecule has 0 saturated heterocycles. The van der Waals surface area contributed by atoms with E-state index in [0.717, 1.165) is 12.3 Å². The molecule has 1 N–H and O–H groups in total. The summed E-state index contributed by atoms with van der Waals surface area (Å²) in [6.45, 7) is 12.2. The highest BCUT2D eigenvalue weighted by Crippen LogP contribution is 2.64. The number of allylic oxidation sites excluding steroid dienone is 4. The number of hydrogen-bond donors (Lipinski definition) is 1. The Labute approximate surface area is 174 Å². The van der Waals surface area contributed by atoms with Gasteiger partial charge in [-0.15, -0.1) is 0 Å². The minimum Gasteiger partial charge on any atom is -0.393 e. The molecule has 4 rings (SSSR count). The van der Waals surface area contributed by atoms with Crippen molar-refractivity contribution in [3.63, 3.8) is 0 Å². The molecular weight excluding hydrogens is 340 g/mol. The fraction of sp³-hybridized carbons (Fsp3) is 0.852. The van der Waals surface area contributed by atoms with Gasteiger partial charge in [-0.1, -0.05) is 83.1 Å². The van der Waals surface area contributed by atoms with Crippen LogP contribution in [0.3, 0.4) is 0 Å². The van der Waals surface area contributed by atoms with Gasteiger partial charge in [0.15, 0.2) is 0 Å². The van der Waals surface area contributed by atoms with Gasteiger partial charge in [0.25, 0.3) is 0 Å². The predicted molar refractivity (Wildman–Crippen MR) is 119 cm³/mol. The number of aliphatic hydroxyl groups excluding tert-OH is 1. The van der Waals surface area contributed by atoms with Crippen LogP contribution in [0.1, 0.15) is 105 Å². The zero-order chi connectivity index (χ0) is 20.1. The monoisotopic (exact) mass is 384 g/mol.